The van der Waals surface area contributed by atoms with Crippen molar-refractivity contribution < 1.29 is 4.79 Å². The number of pyridine rings is 1. The molecule has 0 aromatic carbocycles. The van der Waals surface area contributed by atoms with Gasteiger partial charge in [0.25, 0.3) is 5.91 Å². The molecule has 5 heteroatoms. The maximum atomic E-state index is 12.1. The quantitative estimate of drug-likeness (QED) is 0.787. The van der Waals surface area contributed by atoms with Crippen LogP contribution >= 0.6 is 11.6 Å². The zero-order valence-electron chi connectivity index (χ0n) is 12.7. The molecule has 1 atom stereocenters. The number of aromatic nitrogens is 1. The van der Waals surface area contributed by atoms with Crippen LogP contribution in [0.25, 0.3) is 0 Å². The van der Waals surface area contributed by atoms with E-state index in [4.69, 9.17) is 11.6 Å². The van der Waals surface area contributed by atoms with Crippen molar-refractivity contribution >= 4 is 17.5 Å². The van der Waals surface area contributed by atoms with E-state index in [0.29, 0.717) is 24.1 Å². The average molecular weight is 298 g/mol. The summed E-state index contributed by atoms with van der Waals surface area (Å²) < 4.78 is 0. The molecule has 20 heavy (non-hydrogen) atoms. The van der Waals surface area contributed by atoms with Crippen molar-refractivity contribution in [2.75, 3.05) is 20.6 Å². The third-order valence-corrected chi connectivity index (χ3v) is 4.03. The van der Waals surface area contributed by atoms with Crippen molar-refractivity contribution in [3.63, 3.8) is 0 Å². The summed E-state index contributed by atoms with van der Waals surface area (Å²) in [5.74, 6) is 0.399. The van der Waals surface area contributed by atoms with Crippen LogP contribution in [0, 0.1) is 5.92 Å². The van der Waals surface area contributed by atoms with E-state index < -0.39 is 0 Å². The van der Waals surface area contributed by atoms with Crippen molar-refractivity contribution in [1.82, 2.24) is 15.2 Å². The molecule has 1 aromatic rings. The number of carbonyl (C=O) groups is 1. The van der Waals surface area contributed by atoms with Crippen molar-refractivity contribution in [3.05, 3.63) is 29.0 Å². The fourth-order valence-electron chi connectivity index (χ4n) is 2.45. The van der Waals surface area contributed by atoms with Gasteiger partial charge in [0.05, 0.1) is 5.56 Å². The van der Waals surface area contributed by atoms with Crippen LogP contribution in [-0.4, -0.2) is 42.5 Å². The first-order valence-corrected chi connectivity index (χ1v) is 7.44. The highest BCUT2D eigenvalue weighted by atomic mass is 35.5. The predicted octanol–water partition coefficient (Wildman–Crippen LogP) is 2.83. The highest BCUT2D eigenvalue weighted by Crippen LogP contribution is 2.17. The van der Waals surface area contributed by atoms with Crippen LogP contribution in [0.3, 0.4) is 0 Å². The molecule has 0 aliphatic heterocycles. The Labute approximate surface area is 126 Å². The molecule has 0 aliphatic carbocycles. The van der Waals surface area contributed by atoms with Gasteiger partial charge in [0, 0.05) is 18.8 Å². The Balaban J connectivity index is 2.68. The van der Waals surface area contributed by atoms with E-state index in [1.807, 2.05) is 14.1 Å². The van der Waals surface area contributed by atoms with E-state index in [-0.39, 0.29) is 11.1 Å². The molecule has 0 saturated carbocycles. The van der Waals surface area contributed by atoms with Gasteiger partial charge < -0.3 is 10.2 Å². The molecule has 0 spiro atoms. The summed E-state index contributed by atoms with van der Waals surface area (Å²) in [5.41, 5.74) is 0.427. The van der Waals surface area contributed by atoms with Gasteiger partial charge in [-0.15, -0.1) is 0 Å². The summed E-state index contributed by atoms with van der Waals surface area (Å²) in [6.45, 7) is 4.98. The van der Waals surface area contributed by atoms with Crippen LogP contribution in [0.15, 0.2) is 18.3 Å². The Kier molecular flexibility index (Phi) is 6.96. The topological polar surface area (TPSA) is 45.2 Å². The predicted molar refractivity (Wildman–Crippen MR) is 83.1 cm³/mol. The fourth-order valence-corrected chi connectivity index (χ4v) is 2.66. The van der Waals surface area contributed by atoms with Gasteiger partial charge in [-0.05, 0) is 32.1 Å². The number of nitrogens with zero attached hydrogens (tertiary/aromatic N) is 2. The van der Waals surface area contributed by atoms with Crippen LogP contribution < -0.4 is 5.32 Å². The Bertz CT molecular complexity index is 433. The number of halogens is 1. The number of rotatable bonds is 7. The molecule has 0 saturated heterocycles. The third-order valence-electron chi connectivity index (χ3n) is 3.73. The molecule has 1 N–H and O–H groups in total. The Morgan fingerprint density at radius 3 is 2.55 bits per heavy atom. The molecule has 1 unspecified atom stereocenters. The second-order valence-corrected chi connectivity index (χ2v) is 5.52. The minimum absolute atomic E-state index is 0.166. The van der Waals surface area contributed by atoms with E-state index in [1.165, 1.54) is 0 Å². The van der Waals surface area contributed by atoms with Gasteiger partial charge in [0.1, 0.15) is 5.15 Å². The summed E-state index contributed by atoms with van der Waals surface area (Å²) >= 11 is 5.93. The van der Waals surface area contributed by atoms with Gasteiger partial charge in [-0.1, -0.05) is 38.3 Å². The second-order valence-electron chi connectivity index (χ2n) is 5.16. The normalized spacial score (nSPS) is 12.8. The SMILES string of the molecule is CCC(CC)C(CNC(=O)c1cccnc1Cl)N(C)C. The lowest BCUT2D eigenvalue weighted by molar-refractivity contribution is 0.0928. The molecule has 1 heterocycles. The highest BCUT2D eigenvalue weighted by molar-refractivity contribution is 6.32. The maximum absolute atomic E-state index is 12.1. The lowest BCUT2D eigenvalue weighted by Crippen LogP contribution is -2.44. The van der Waals surface area contributed by atoms with Crippen molar-refractivity contribution in [1.29, 1.82) is 0 Å². The van der Waals surface area contributed by atoms with E-state index in [9.17, 15) is 4.79 Å². The fraction of sp³-hybridized carbons (Fsp3) is 0.600. The lowest BCUT2D eigenvalue weighted by atomic mass is 9.93. The van der Waals surface area contributed by atoms with Gasteiger partial charge in [-0.2, -0.15) is 0 Å². The van der Waals surface area contributed by atoms with E-state index in [2.05, 4.69) is 29.0 Å². The number of amides is 1. The summed E-state index contributed by atoms with van der Waals surface area (Å²) in [6, 6.07) is 3.72. The molecular weight excluding hydrogens is 274 g/mol. The molecule has 1 amide bonds. The Hall–Kier alpha value is -1.13. The zero-order chi connectivity index (χ0) is 15.1. The standard InChI is InChI=1S/C15H24ClN3O/c1-5-11(6-2)13(19(3)4)10-18-15(20)12-8-7-9-17-14(12)16/h7-9,11,13H,5-6,10H2,1-4H3,(H,18,20). The highest BCUT2D eigenvalue weighted by Gasteiger charge is 2.21. The monoisotopic (exact) mass is 297 g/mol. The van der Waals surface area contributed by atoms with Crippen LogP contribution in [0.4, 0.5) is 0 Å². The third kappa shape index (κ3) is 4.46. The summed E-state index contributed by atoms with van der Waals surface area (Å²) in [4.78, 5) is 18.2. The number of nitrogens with one attached hydrogen (secondary N) is 1. The molecule has 1 rings (SSSR count). The summed E-state index contributed by atoms with van der Waals surface area (Å²) in [6.07, 6.45) is 3.78. The van der Waals surface area contributed by atoms with Gasteiger partial charge >= 0.3 is 0 Å². The van der Waals surface area contributed by atoms with Crippen LogP contribution in [0.5, 0.6) is 0 Å². The van der Waals surface area contributed by atoms with Crippen molar-refractivity contribution in [2.24, 2.45) is 5.92 Å². The summed E-state index contributed by atoms with van der Waals surface area (Å²) in [7, 11) is 4.10. The number of carbonyl (C=O) groups excluding carboxylic acids is 1. The first-order chi connectivity index (χ1) is 9.51. The number of hydrogen-bond donors (Lipinski definition) is 1. The minimum atomic E-state index is -0.166. The molecule has 0 radical (unpaired) electrons. The van der Waals surface area contributed by atoms with Gasteiger partial charge in [0.15, 0.2) is 0 Å². The van der Waals surface area contributed by atoms with Crippen LogP contribution in [0.1, 0.15) is 37.0 Å². The Morgan fingerprint density at radius 2 is 2.05 bits per heavy atom. The number of hydrogen-bond acceptors (Lipinski definition) is 3. The molecule has 0 bridgehead atoms. The molecular formula is C15H24ClN3O. The average Bonchev–Trinajstić information content (AvgIpc) is 2.43. The van der Waals surface area contributed by atoms with Crippen molar-refractivity contribution in [3.8, 4) is 0 Å². The van der Waals surface area contributed by atoms with Gasteiger partial charge in [-0.25, -0.2) is 4.98 Å². The van der Waals surface area contributed by atoms with Crippen LogP contribution in [0.2, 0.25) is 5.15 Å². The molecule has 1 aromatic heterocycles. The van der Waals surface area contributed by atoms with Gasteiger partial charge in [-0.3, -0.25) is 4.79 Å². The first kappa shape index (κ1) is 16.9. The molecule has 4 nitrogen and oxygen atoms in total. The first-order valence-electron chi connectivity index (χ1n) is 7.06. The molecule has 0 fully saturated rings. The maximum Gasteiger partial charge on any atom is 0.254 e. The van der Waals surface area contributed by atoms with Crippen molar-refractivity contribution in [2.45, 2.75) is 32.7 Å². The molecule has 0 aliphatic rings. The Morgan fingerprint density at radius 1 is 1.40 bits per heavy atom. The minimum Gasteiger partial charge on any atom is -0.350 e. The van der Waals surface area contributed by atoms with Crippen LogP contribution in [-0.2, 0) is 0 Å². The van der Waals surface area contributed by atoms with Gasteiger partial charge in [0.2, 0.25) is 0 Å². The van der Waals surface area contributed by atoms with E-state index in [1.54, 1.807) is 18.3 Å². The molecule has 112 valence electrons. The second kappa shape index (κ2) is 8.22. The zero-order valence-corrected chi connectivity index (χ0v) is 13.4. The smallest absolute Gasteiger partial charge is 0.254 e. The largest absolute Gasteiger partial charge is 0.350 e. The summed E-state index contributed by atoms with van der Waals surface area (Å²) in [5, 5.41) is 3.21. The van der Waals surface area contributed by atoms with E-state index >= 15 is 0 Å². The number of likely N-dealkylation sites (N-methyl/N-ethyl adjacent to an activating group) is 1. The lowest BCUT2D eigenvalue weighted by Gasteiger charge is -2.31. The van der Waals surface area contributed by atoms with E-state index in [0.717, 1.165) is 12.8 Å².